The molecule has 0 aliphatic carbocycles. The molecule has 1 atom stereocenters. The lowest BCUT2D eigenvalue weighted by atomic mass is 9.96. The van der Waals surface area contributed by atoms with Gasteiger partial charge in [-0.05, 0) is 42.3 Å². The van der Waals surface area contributed by atoms with Crippen molar-refractivity contribution in [2.24, 2.45) is 5.92 Å². The van der Waals surface area contributed by atoms with Crippen molar-refractivity contribution in [3.05, 3.63) is 59.7 Å². The summed E-state index contributed by atoms with van der Waals surface area (Å²) in [5.41, 5.74) is 3.05. The molecular weight excluding hydrogens is 328 g/mol. The molecule has 2 aliphatic heterocycles. The lowest BCUT2D eigenvalue weighted by Crippen LogP contribution is -2.36. The Bertz CT molecular complexity index is 754. The molecule has 26 heavy (non-hydrogen) atoms. The zero-order chi connectivity index (χ0) is 17.8. The van der Waals surface area contributed by atoms with Crippen LogP contribution in [0.5, 0.6) is 5.75 Å². The highest BCUT2D eigenvalue weighted by molar-refractivity contribution is 5.94. The van der Waals surface area contributed by atoms with Gasteiger partial charge in [0.15, 0.2) is 0 Å². The number of hydrogen-bond donors (Lipinski definition) is 1. The summed E-state index contributed by atoms with van der Waals surface area (Å²) in [4.78, 5) is 14.7. The minimum absolute atomic E-state index is 0.0302. The number of anilines is 1. The molecule has 0 radical (unpaired) electrons. The number of carbonyl (C=O) groups is 1. The third kappa shape index (κ3) is 3.83. The number of benzene rings is 2. The zero-order valence-electron chi connectivity index (χ0n) is 14.8. The number of ether oxygens (including phenoxy) is 2. The molecule has 1 saturated heterocycles. The van der Waals surface area contributed by atoms with Crippen LogP contribution < -0.4 is 15.0 Å². The van der Waals surface area contributed by atoms with Gasteiger partial charge in [0, 0.05) is 36.8 Å². The number of hydrogen-bond acceptors (Lipinski definition) is 4. The largest absolute Gasteiger partial charge is 0.493 e. The number of nitrogens with zero attached hydrogens (tertiary/aromatic N) is 1. The SMILES string of the molecule is O=C(NC[C@H]1COc2ccccc2C1)c1ccc(N2CCOCC2)cc1. The van der Waals surface area contributed by atoms with E-state index in [2.05, 4.69) is 16.3 Å². The Hall–Kier alpha value is -2.53. The van der Waals surface area contributed by atoms with Crippen molar-refractivity contribution < 1.29 is 14.3 Å². The lowest BCUT2D eigenvalue weighted by molar-refractivity contribution is 0.0939. The summed E-state index contributed by atoms with van der Waals surface area (Å²) >= 11 is 0. The van der Waals surface area contributed by atoms with E-state index in [1.165, 1.54) is 5.56 Å². The van der Waals surface area contributed by atoms with Crippen LogP contribution in [0.25, 0.3) is 0 Å². The number of morpholine rings is 1. The molecule has 1 amide bonds. The van der Waals surface area contributed by atoms with Gasteiger partial charge < -0.3 is 19.7 Å². The Kier molecular flexibility index (Phi) is 5.07. The molecule has 2 aromatic rings. The van der Waals surface area contributed by atoms with E-state index in [1.807, 2.05) is 42.5 Å². The van der Waals surface area contributed by atoms with Gasteiger partial charge in [0.05, 0.1) is 19.8 Å². The average Bonchev–Trinajstić information content (AvgIpc) is 2.72. The Morgan fingerprint density at radius 2 is 1.85 bits per heavy atom. The molecule has 0 aromatic heterocycles. The van der Waals surface area contributed by atoms with Crippen LogP contribution in [-0.2, 0) is 11.2 Å². The molecule has 2 aliphatic rings. The normalized spacial score (nSPS) is 19.4. The summed E-state index contributed by atoms with van der Waals surface area (Å²) in [6, 6.07) is 15.9. The molecule has 0 saturated carbocycles. The molecule has 5 nitrogen and oxygen atoms in total. The second-order valence-corrected chi connectivity index (χ2v) is 6.85. The molecule has 4 rings (SSSR count). The number of rotatable bonds is 4. The summed E-state index contributed by atoms with van der Waals surface area (Å²) in [6.07, 6.45) is 0.937. The standard InChI is InChI=1S/C21H24N2O3/c24-21(17-5-7-19(8-6-17)23-9-11-25-12-10-23)22-14-16-13-18-3-1-2-4-20(18)26-15-16/h1-8,16H,9-15H2,(H,22,24)/t16-/m0/s1. The first-order chi connectivity index (χ1) is 12.8. The minimum atomic E-state index is -0.0302. The van der Waals surface area contributed by atoms with Gasteiger partial charge in [-0.1, -0.05) is 18.2 Å². The maximum atomic E-state index is 12.4. The van der Waals surface area contributed by atoms with Gasteiger partial charge in [-0.15, -0.1) is 0 Å². The van der Waals surface area contributed by atoms with Crippen molar-refractivity contribution in [3.63, 3.8) is 0 Å². The van der Waals surface area contributed by atoms with Crippen molar-refractivity contribution in [1.29, 1.82) is 0 Å². The second kappa shape index (κ2) is 7.79. The molecule has 1 fully saturated rings. The van der Waals surface area contributed by atoms with Crippen LogP contribution in [0.15, 0.2) is 48.5 Å². The van der Waals surface area contributed by atoms with E-state index in [1.54, 1.807) is 0 Å². The third-order valence-corrected chi connectivity index (χ3v) is 5.01. The van der Waals surface area contributed by atoms with Crippen molar-refractivity contribution in [3.8, 4) is 5.75 Å². The number of nitrogens with one attached hydrogen (secondary N) is 1. The van der Waals surface area contributed by atoms with Crippen molar-refractivity contribution in [1.82, 2.24) is 5.32 Å². The molecule has 1 N–H and O–H groups in total. The number of para-hydroxylation sites is 1. The van der Waals surface area contributed by atoms with Gasteiger partial charge in [-0.25, -0.2) is 0 Å². The first-order valence-corrected chi connectivity index (χ1v) is 9.21. The zero-order valence-corrected chi connectivity index (χ0v) is 14.8. The van der Waals surface area contributed by atoms with Gasteiger partial charge in [0.25, 0.3) is 5.91 Å². The molecule has 0 unspecified atom stereocenters. The maximum absolute atomic E-state index is 12.4. The fourth-order valence-corrected chi connectivity index (χ4v) is 3.51. The average molecular weight is 352 g/mol. The fraction of sp³-hybridized carbons (Fsp3) is 0.381. The molecule has 0 bridgehead atoms. The van der Waals surface area contributed by atoms with Crippen LogP contribution in [0.1, 0.15) is 15.9 Å². The quantitative estimate of drug-likeness (QED) is 0.919. The predicted molar refractivity (Wildman–Crippen MR) is 101 cm³/mol. The lowest BCUT2D eigenvalue weighted by Gasteiger charge is -2.29. The molecule has 0 spiro atoms. The molecule has 136 valence electrons. The van der Waals surface area contributed by atoms with E-state index in [0.717, 1.165) is 44.2 Å². The Morgan fingerprint density at radius 3 is 2.65 bits per heavy atom. The van der Waals surface area contributed by atoms with Crippen LogP contribution in [0.4, 0.5) is 5.69 Å². The van der Waals surface area contributed by atoms with Gasteiger partial charge in [0.2, 0.25) is 0 Å². The Morgan fingerprint density at radius 1 is 1.08 bits per heavy atom. The van der Waals surface area contributed by atoms with Crippen LogP contribution >= 0.6 is 0 Å². The van der Waals surface area contributed by atoms with Crippen LogP contribution in [-0.4, -0.2) is 45.4 Å². The summed E-state index contributed by atoms with van der Waals surface area (Å²) in [5, 5.41) is 3.05. The van der Waals surface area contributed by atoms with Crippen LogP contribution in [0.2, 0.25) is 0 Å². The van der Waals surface area contributed by atoms with Crippen molar-refractivity contribution in [2.75, 3.05) is 44.4 Å². The molecule has 5 heteroatoms. The summed E-state index contributed by atoms with van der Waals surface area (Å²) in [5.74, 6) is 1.24. The van der Waals surface area contributed by atoms with Crippen molar-refractivity contribution >= 4 is 11.6 Å². The van der Waals surface area contributed by atoms with E-state index < -0.39 is 0 Å². The first kappa shape index (κ1) is 16.9. The molecular formula is C21H24N2O3. The van der Waals surface area contributed by atoms with E-state index in [0.29, 0.717) is 24.6 Å². The Labute approximate surface area is 153 Å². The second-order valence-electron chi connectivity index (χ2n) is 6.85. The number of amides is 1. The summed E-state index contributed by atoms with van der Waals surface area (Å²) in [6.45, 7) is 4.58. The highest BCUT2D eigenvalue weighted by Gasteiger charge is 2.20. The highest BCUT2D eigenvalue weighted by Crippen LogP contribution is 2.26. The topological polar surface area (TPSA) is 50.8 Å². The van der Waals surface area contributed by atoms with Crippen LogP contribution in [0.3, 0.4) is 0 Å². The maximum Gasteiger partial charge on any atom is 0.251 e. The first-order valence-electron chi connectivity index (χ1n) is 9.21. The Balaban J connectivity index is 1.31. The summed E-state index contributed by atoms with van der Waals surface area (Å²) in [7, 11) is 0. The van der Waals surface area contributed by atoms with E-state index in [4.69, 9.17) is 9.47 Å². The number of carbonyl (C=O) groups excluding carboxylic acids is 1. The smallest absolute Gasteiger partial charge is 0.251 e. The van der Waals surface area contributed by atoms with E-state index in [9.17, 15) is 4.79 Å². The van der Waals surface area contributed by atoms with Gasteiger partial charge in [-0.3, -0.25) is 4.79 Å². The fourth-order valence-electron chi connectivity index (χ4n) is 3.51. The number of fused-ring (bicyclic) bond motifs is 1. The molecule has 2 aromatic carbocycles. The summed E-state index contributed by atoms with van der Waals surface area (Å²) < 4.78 is 11.2. The van der Waals surface area contributed by atoms with E-state index in [-0.39, 0.29) is 5.91 Å². The van der Waals surface area contributed by atoms with Gasteiger partial charge >= 0.3 is 0 Å². The predicted octanol–water partition coefficient (Wildman–Crippen LogP) is 2.50. The minimum Gasteiger partial charge on any atom is -0.493 e. The third-order valence-electron chi connectivity index (χ3n) is 5.01. The monoisotopic (exact) mass is 352 g/mol. The van der Waals surface area contributed by atoms with Gasteiger partial charge in [0.1, 0.15) is 5.75 Å². The van der Waals surface area contributed by atoms with Crippen LogP contribution in [0, 0.1) is 5.92 Å². The highest BCUT2D eigenvalue weighted by atomic mass is 16.5. The van der Waals surface area contributed by atoms with E-state index >= 15 is 0 Å². The van der Waals surface area contributed by atoms with Crippen molar-refractivity contribution in [2.45, 2.75) is 6.42 Å². The molecule has 2 heterocycles. The van der Waals surface area contributed by atoms with Gasteiger partial charge in [-0.2, -0.15) is 0 Å².